The molecular weight excluding hydrogens is 220 g/mol. The van der Waals surface area contributed by atoms with Gasteiger partial charge in [-0.1, -0.05) is 42.5 Å². The van der Waals surface area contributed by atoms with Crippen LogP contribution in [0.3, 0.4) is 0 Å². The highest BCUT2D eigenvalue weighted by Gasteiger charge is 2.30. The van der Waals surface area contributed by atoms with E-state index in [0.29, 0.717) is 12.1 Å². The largest absolute Gasteiger partial charge is 0.307 e. The predicted octanol–water partition coefficient (Wildman–Crippen LogP) is 2.74. The van der Waals surface area contributed by atoms with E-state index >= 15 is 0 Å². The second-order valence-electron chi connectivity index (χ2n) is 5.51. The summed E-state index contributed by atoms with van der Waals surface area (Å²) in [6.45, 7) is 4.57. The highest BCUT2D eigenvalue weighted by atomic mass is 15.2. The summed E-state index contributed by atoms with van der Waals surface area (Å²) in [7, 11) is 0. The van der Waals surface area contributed by atoms with Gasteiger partial charge >= 0.3 is 0 Å². The summed E-state index contributed by atoms with van der Waals surface area (Å²) in [5.41, 5.74) is 1.42. The van der Waals surface area contributed by atoms with Crippen molar-refractivity contribution in [2.24, 2.45) is 0 Å². The van der Waals surface area contributed by atoms with Crippen LogP contribution in [0.1, 0.15) is 31.4 Å². The number of hydrogen-bond acceptors (Lipinski definition) is 2. The van der Waals surface area contributed by atoms with E-state index < -0.39 is 0 Å². The topological polar surface area (TPSA) is 15.3 Å². The zero-order chi connectivity index (χ0) is 12.4. The maximum atomic E-state index is 3.68. The molecule has 96 valence electrons. The smallest absolute Gasteiger partial charge is 0.0450 e. The summed E-state index contributed by atoms with van der Waals surface area (Å²) < 4.78 is 0. The first kappa shape index (κ1) is 11.9. The number of nitrogens with one attached hydrogen (secondary N) is 1. The molecule has 2 atom stereocenters. The van der Waals surface area contributed by atoms with Crippen LogP contribution in [0.25, 0.3) is 0 Å². The molecule has 0 amide bonds. The van der Waals surface area contributed by atoms with Gasteiger partial charge in [0, 0.05) is 31.2 Å². The zero-order valence-electron chi connectivity index (χ0n) is 11.0. The molecule has 1 saturated heterocycles. The quantitative estimate of drug-likeness (QED) is 0.802. The van der Waals surface area contributed by atoms with Crippen molar-refractivity contribution in [1.29, 1.82) is 0 Å². The first-order valence-electron chi connectivity index (χ1n) is 7.03. The molecule has 1 aliphatic heterocycles. The molecule has 1 N–H and O–H groups in total. The van der Waals surface area contributed by atoms with Gasteiger partial charge in [-0.3, -0.25) is 4.90 Å². The van der Waals surface area contributed by atoms with Crippen molar-refractivity contribution in [2.75, 3.05) is 13.1 Å². The molecule has 1 aromatic carbocycles. The highest BCUT2D eigenvalue weighted by Crippen LogP contribution is 2.26. The van der Waals surface area contributed by atoms with Crippen LogP contribution in [-0.4, -0.2) is 30.1 Å². The van der Waals surface area contributed by atoms with E-state index in [1.807, 2.05) is 0 Å². The standard InChI is InChI=1S/C16H22N2/c1-13-11-17-16(14-7-3-2-4-8-14)12-18(13)15-9-5-6-10-15/h2-8,13,15-17H,9-12H2,1H3. The molecule has 3 rings (SSSR count). The van der Waals surface area contributed by atoms with Crippen molar-refractivity contribution in [3.05, 3.63) is 48.0 Å². The lowest BCUT2D eigenvalue weighted by Gasteiger charge is -2.42. The number of hydrogen-bond donors (Lipinski definition) is 1. The van der Waals surface area contributed by atoms with Crippen molar-refractivity contribution in [3.8, 4) is 0 Å². The lowest BCUT2D eigenvalue weighted by Crippen LogP contribution is -2.54. The Bertz CT molecular complexity index is 404. The average Bonchev–Trinajstić information content (AvgIpc) is 2.94. The molecule has 0 spiro atoms. The van der Waals surface area contributed by atoms with E-state index in [9.17, 15) is 0 Å². The molecule has 0 bridgehead atoms. The molecule has 18 heavy (non-hydrogen) atoms. The molecule has 1 aromatic rings. The second-order valence-corrected chi connectivity index (χ2v) is 5.51. The number of rotatable bonds is 2. The Morgan fingerprint density at radius 2 is 1.83 bits per heavy atom. The molecule has 2 heteroatoms. The second kappa shape index (κ2) is 5.25. The average molecular weight is 242 g/mol. The Hall–Kier alpha value is -1.12. The molecule has 0 radical (unpaired) electrons. The van der Waals surface area contributed by atoms with Gasteiger partial charge in [0.15, 0.2) is 0 Å². The van der Waals surface area contributed by atoms with E-state index in [-0.39, 0.29) is 0 Å². The Morgan fingerprint density at radius 3 is 2.56 bits per heavy atom. The van der Waals surface area contributed by atoms with Gasteiger partial charge < -0.3 is 5.32 Å². The predicted molar refractivity (Wildman–Crippen MR) is 75.5 cm³/mol. The summed E-state index contributed by atoms with van der Waals surface area (Å²) in [5.74, 6) is 0. The van der Waals surface area contributed by atoms with Crippen LogP contribution in [-0.2, 0) is 0 Å². The third-order valence-corrected chi connectivity index (χ3v) is 4.27. The maximum Gasteiger partial charge on any atom is 0.0450 e. The normalized spacial score (nSPS) is 29.8. The molecule has 1 heterocycles. The molecule has 2 aliphatic rings. The Balaban J connectivity index is 1.72. The molecule has 1 aliphatic carbocycles. The molecular formula is C16H22N2. The Morgan fingerprint density at radius 1 is 1.11 bits per heavy atom. The minimum absolute atomic E-state index is 0.489. The van der Waals surface area contributed by atoms with Crippen LogP contribution in [0.4, 0.5) is 0 Å². The van der Waals surface area contributed by atoms with Crippen molar-refractivity contribution in [1.82, 2.24) is 10.2 Å². The fourth-order valence-corrected chi connectivity index (χ4v) is 3.18. The van der Waals surface area contributed by atoms with Crippen molar-refractivity contribution < 1.29 is 0 Å². The van der Waals surface area contributed by atoms with Crippen molar-refractivity contribution in [2.45, 2.75) is 37.9 Å². The van der Waals surface area contributed by atoms with Gasteiger partial charge in [0.25, 0.3) is 0 Å². The first-order chi connectivity index (χ1) is 8.84. The van der Waals surface area contributed by atoms with Crippen LogP contribution in [0.5, 0.6) is 0 Å². The Labute approximate surface area is 110 Å². The lowest BCUT2D eigenvalue weighted by atomic mass is 10.00. The van der Waals surface area contributed by atoms with E-state index in [4.69, 9.17) is 0 Å². The van der Waals surface area contributed by atoms with Gasteiger partial charge in [-0.2, -0.15) is 0 Å². The first-order valence-corrected chi connectivity index (χ1v) is 7.03. The minimum atomic E-state index is 0.489. The summed E-state index contributed by atoms with van der Waals surface area (Å²) in [6.07, 6.45) is 7.12. The van der Waals surface area contributed by atoms with Gasteiger partial charge in [0.2, 0.25) is 0 Å². The van der Waals surface area contributed by atoms with Crippen LogP contribution >= 0.6 is 0 Å². The molecule has 2 unspecified atom stereocenters. The monoisotopic (exact) mass is 242 g/mol. The molecule has 0 aromatic heterocycles. The summed E-state index contributed by atoms with van der Waals surface area (Å²) in [5, 5.41) is 3.68. The van der Waals surface area contributed by atoms with Crippen LogP contribution in [0.2, 0.25) is 0 Å². The summed E-state index contributed by atoms with van der Waals surface area (Å²) in [6, 6.07) is 12.7. The number of piperazine rings is 1. The molecule has 0 saturated carbocycles. The highest BCUT2D eigenvalue weighted by molar-refractivity contribution is 5.20. The molecule has 1 fully saturated rings. The van der Waals surface area contributed by atoms with Crippen molar-refractivity contribution in [3.63, 3.8) is 0 Å². The lowest BCUT2D eigenvalue weighted by molar-refractivity contribution is 0.0959. The van der Waals surface area contributed by atoms with Gasteiger partial charge in [0.05, 0.1) is 0 Å². The van der Waals surface area contributed by atoms with Crippen LogP contribution < -0.4 is 5.32 Å². The summed E-state index contributed by atoms with van der Waals surface area (Å²) >= 11 is 0. The minimum Gasteiger partial charge on any atom is -0.307 e. The zero-order valence-corrected chi connectivity index (χ0v) is 11.0. The summed E-state index contributed by atoms with van der Waals surface area (Å²) in [4.78, 5) is 2.69. The van der Waals surface area contributed by atoms with E-state index in [1.54, 1.807) is 0 Å². The SMILES string of the molecule is CC1CNC(c2ccccc2)CN1C1CC=CC1. The van der Waals surface area contributed by atoms with Gasteiger partial charge in [-0.05, 0) is 25.3 Å². The van der Waals surface area contributed by atoms with Gasteiger partial charge in [-0.25, -0.2) is 0 Å². The number of benzene rings is 1. The van der Waals surface area contributed by atoms with E-state index in [2.05, 4.69) is 59.6 Å². The Kier molecular flexibility index (Phi) is 3.48. The fourth-order valence-electron chi connectivity index (χ4n) is 3.18. The third-order valence-electron chi connectivity index (χ3n) is 4.27. The van der Waals surface area contributed by atoms with Crippen LogP contribution in [0, 0.1) is 0 Å². The van der Waals surface area contributed by atoms with Gasteiger partial charge in [-0.15, -0.1) is 0 Å². The third kappa shape index (κ3) is 2.36. The molecule has 2 nitrogen and oxygen atoms in total. The fraction of sp³-hybridized carbons (Fsp3) is 0.500. The van der Waals surface area contributed by atoms with Gasteiger partial charge in [0.1, 0.15) is 0 Å². The van der Waals surface area contributed by atoms with E-state index in [1.165, 1.54) is 18.4 Å². The van der Waals surface area contributed by atoms with E-state index in [0.717, 1.165) is 19.1 Å². The van der Waals surface area contributed by atoms with Crippen molar-refractivity contribution >= 4 is 0 Å². The van der Waals surface area contributed by atoms with Crippen LogP contribution in [0.15, 0.2) is 42.5 Å². The number of nitrogens with zero attached hydrogens (tertiary/aromatic N) is 1. The maximum absolute atomic E-state index is 3.68.